The van der Waals surface area contributed by atoms with Crippen LogP contribution in [0.3, 0.4) is 0 Å². The maximum absolute atomic E-state index is 9.12. The minimum absolute atomic E-state index is 0.226. The Labute approximate surface area is 135 Å². The van der Waals surface area contributed by atoms with Gasteiger partial charge in [0.15, 0.2) is 0 Å². The summed E-state index contributed by atoms with van der Waals surface area (Å²) in [5.74, 6) is 0.226. The van der Waals surface area contributed by atoms with Gasteiger partial charge in [0.05, 0.1) is 11.4 Å². The SMILES string of the molecule is CC1=C=C(OO)N(c2ccccc2)N1CN=Cc1ccccc1. The number of hydrazine groups is 1. The summed E-state index contributed by atoms with van der Waals surface area (Å²) < 4.78 is 0. The Bertz CT molecular complexity index is 750. The Morgan fingerprint density at radius 1 is 1.09 bits per heavy atom. The largest absolute Gasteiger partial charge is 0.310 e. The van der Waals surface area contributed by atoms with Crippen LogP contribution in [0.15, 0.2) is 83.0 Å². The molecule has 0 spiro atoms. The van der Waals surface area contributed by atoms with Crippen LogP contribution in [0.2, 0.25) is 0 Å². The minimum Gasteiger partial charge on any atom is -0.310 e. The van der Waals surface area contributed by atoms with Crippen molar-refractivity contribution >= 4 is 11.9 Å². The highest BCUT2D eigenvalue weighted by Gasteiger charge is 2.27. The number of aliphatic imine (C=N–C) groups is 1. The molecule has 0 aliphatic carbocycles. The summed E-state index contributed by atoms with van der Waals surface area (Å²) >= 11 is 0. The van der Waals surface area contributed by atoms with Gasteiger partial charge in [-0.15, -0.1) is 0 Å². The molecule has 5 nitrogen and oxygen atoms in total. The van der Waals surface area contributed by atoms with Crippen molar-refractivity contribution in [3.05, 3.63) is 83.5 Å². The summed E-state index contributed by atoms with van der Waals surface area (Å²) in [7, 11) is 0. The molecule has 2 aromatic carbocycles. The van der Waals surface area contributed by atoms with Crippen molar-refractivity contribution in [3.8, 4) is 0 Å². The Balaban J connectivity index is 1.80. The number of benzene rings is 2. The highest BCUT2D eigenvalue weighted by Crippen LogP contribution is 2.28. The molecule has 0 bridgehead atoms. The van der Waals surface area contributed by atoms with Crippen LogP contribution in [0.4, 0.5) is 5.69 Å². The second-order valence-electron chi connectivity index (χ2n) is 5.02. The van der Waals surface area contributed by atoms with Gasteiger partial charge in [-0.1, -0.05) is 48.5 Å². The van der Waals surface area contributed by atoms with Crippen LogP contribution in [0.25, 0.3) is 0 Å². The van der Waals surface area contributed by atoms with Crippen molar-refractivity contribution in [2.24, 2.45) is 4.99 Å². The lowest BCUT2D eigenvalue weighted by atomic mass is 10.2. The zero-order valence-electron chi connectivity index (χ0n) is 12.8. The summed E-state index contributed by atoms with van der Waals surface area (Å²) in [6, 6.07) is 19.5. The number of allylic oxidation sites excluding steroid dienone is 1. The molecular formula is C18H17N3O2. The van der Waals surface area contributed by atoms with Crippen molar-refractivity contribution in [2.75, 3.05) is 11.7 Å². The quantitative estimate of drug-likeness (QED) is 0.396. The number of rotatable bonds is 5. The van der Waals surface area contributed by atoms with Gasteiger partial charge in [-0.05, 0) is 30.4 Å². The van der Waals surface area contributed by atoms with E-state index in [1.807, 2.05) is 78.8 Å². The molecule has 0 unspecified atom stereocenters. The lowest BCUT2D eigenvalue weighted by Crippen LogP contribution is -2.38. The average Bonchev–Trinajstić information content (AvgIpc) is 2.92. The Morgan fingerprint density at radius 2 is 1.74 bits per heavy atom. The molecule has 116 valence electrons. The molecule has 2 aromatic rings. The Kier molecular flexibility index (Phi) is 4.43. The monoisotopic (exact) mass is 307 g/mol. The molecule has 5 heteroatoms. The molecular weight excluding hydrogens is 290 g/mol. The van der Waals surface area contributed by atoms with Gasteiger partial charge in [0.1, 0.15) is 6.67 Å². The smallest absolute Gasteiger partial charge is 0.302 e. The van der Waals surface area contributed by atoms with Crippen LogP contribution in [0.5, 0.6) is 0 Å². The van der Waals surface area contributed by atoms with E-state index in [0.717, 1.165) is 16.9 Å². The van der Waals surface area contributed by atoms with Crippen LogP contribution in [-0.4, -0.2) is 23.1 Å². The van der Waals surface area contributed by atoms with E-state index in [2.05, 4.69) is 15.6 Å². The second-order valence-corrected chi connectivity index (χ2v) is 5.02. The molecule has 23 heavy (non-hydrogen) atoms. The molecule has 0 atom stereocenters. The summed E-state index contributed by atoms with van der Waals surface area (Å²) in [5.41, 5.74) is 5.69. The number of hydrogen-bond donors (Lipinski definition) is 1. The standard InChI is InChI=1S/C18H17N3O2/c1-15-12-18(23-22)21(17-10-6-3-7-11-17)20(15)14-19-13-16-8-4-2-5-9-16/h2-11,13,22H,14H2,1H3. The number of anilines is 1. The van der Waals surface area contributed by atoms with Crippen LogP contribution in [-0.2, 0) is 4.89 Å². The molecule has 3 rings (SSSR count). The van der Waals surface area contributed by atoms with Crippen LogP contribution >= 0.6 is 0 Å². The zero-order valence-corrected chi connectivity index (χ0v) is 12.8. The van der Waals surface area contributed by atoms with Gasteiger partial charge in [0.25, 0.3) is 0 Å². The first-order valence-corrected chi connectivity index (χ1v) is 7.26. The highest BCUT2D eigenvalue weighted by atomic mass is 17.1. The van der Waals surface area contributed by atoms with E-state index in [-0.39, 0.29) is 5.88 Å². The van der Waals surface area contributed by atoms with E-state index in [0.29, 0.717) is 6.67 Å². The molecule has 0 radical (unpaired) electrons. The third-order valence-electron chi connectivity index (χ3n) is 3.45. The van der Waals surface area contributed by atoms with E-state index < -0.39 is 0 Å². The van der Waals surface area contributed by atoms with Gasteiger partial charge in [-0.3, -0.25) is 10.0 Å². The van der Waals surface area contributed by atoms with E-state index in [1.54, 1.807) is 5.01 Å². The summed E-state index contributed by atoms with van der Waals surface area (Å²) in [6.07, 6.45) is 1.81. The first-order valence-electron chi connectivity index (χ1n) is 7.26. The molecule has 0 fully saturated rings. The minimum atomic E-state index is 0.226. The van der Waals surface area contributed by atoms with Crippen molar-refractivity contribution in [1.29, 1.82) is 0 Å². The summed E-state index contributed by atoms with van der Waals surface area (Å²) in [6.45, 7) is 2.27. The molecule has 0 saturated carbocycles. The van der Waals surface area contributed by atoms with Crippen molar-refractivity contribution < 1.29 is 10.1 Å². The van der Waals surface area contributed by atoms with Crippen LogP contribution in [0, 0.1) is 0 Å². The predicted octanol–water partition coefficient (Wildman–Crippen LogP) is 3.63. The zero-order chi connectivity index (χ0) is 16.1. The highest BCUT2D eigenvalue weighted by molar-refractivity contribution is 5.79. The van der Waals surface area contributed by atoms with Gasteiger partial charge < -0.3 is 4.89 Å². The maximum atomic E-state index is 9.12. The van der Waals surface area contributed by atoms with Gasteiger partial charge >= 0.3 is 5.88 Å². The van der Waals surface area contributed by atoms with E-state index in [9.17, 15) is 0 Å². The predicted molar refractivity (Wildman–Crippen MR) is 89.6 cm³/mol. The fourth-order valence-corrected chi connectivity index (χ4v) is 2.35. The third kappa shape index (κ3) is 3.26. The summed E-state index contributed by atoms with van der Waals surface area (Å²) in [4.78, 5) is 8.93. The topological polar surface area (TPSA) is 48.3 Å². The third-order valence-corrected chi connectivity index (χ3v) is 3.45. The maximum Gasteiger partial charge on any atom is 0.302 e. The van der Waals surface area contributed by atoms with E-state index in [1.165, 1.54) is 0 Å². The lowest BCUT2D eigenvalue weighted by Gasteiger charge is -2.31. The fraction of sp³-hybridized carbons (Fsp3) is 0.111. The first kappa shape index (κ1) is 14.9. The lowest BCUT2D eigenvalue weighted by molar-refractivity contribution is -0.206. The molecule has 0 aromatic heterocycles. The number of para-hydroxylation sites is 1. The normalized spacial score (nSPS) is 14.2. The molecule has 1 N–H and O–H groups in total. The van der Waals surface area contributed by atoms with Crippen molar-refractivity contribution in [2.45, 2.75) is 6.92 Å². The van der Waals surface area contributed by atoms with Crippen molar-refractivity contribution in [1.82, 2.24) is 5.01 Å². The number of nitrogens with zero attached hydrogens (tertiary/aromatic N) is 3. The molecule has 1 aliphatic rings. The number of hydrogen-bond acceptors (Lipinski definition) is 5. The molecule has 0 saturated heterocycles. The van der Waals surface area contributed by atoms with Gasteiger partial charge in [-0.2, -0.15) is 0 Å². The second kappa shape index (κ2) is 6.83. The van der Waals surface area contributed by atoms with Gasteiger partial charge in [-0.25, -0.2) is 10.3 Å². The van der Waals surface area contributed by atoms with E-state index in [4.69, 9.17) is 5.26 Å². The molecule has 0 amide bonds. The van der Waals surface area contributed by atoms with E-state index >= 15 is 0 Å². The van der Waals surface area contributed by atoms with Crippen molar-refractivity contribution in [3.63, 3.8) is 0 Å². The van der Waals surface area contributed by atoms with Gasteiger partial charge in [0, 0.05) is 6.21 Å². The first-order chi connectivity index (χ1) is 11.3. The molecule has 1 heterocycles. The van der Waals surface area contributed by atoms with Crippen LogP contribution in [0.1, 0.15) is 12.5 Å². The fourth-order valence-electron chi connectivity index (χ4n) is 2.35. The van der Waals surface area contributed by atoms with Crippen LogP contribution < -0.4 is 5.01 Å². The van der Waals surface area contributed by atoms with Gasteiger partial charge in [0.2, 0.25) is 0 Å². The average molecular weight is 307 g/mol. The summed E-state index contributed by atoms with van der Waals surface area (Å²) in [5, 5.41) is 12.7. The Morgan fingerprint density at radius 3 is 2.39 bits per heavy atom. The Hall–Kier alpha value is -3.01. The molecule has 1 aliphatic heterocycles.